The highest BCUT2D eigenvalue weighted by Crippen LogP contribution is 2.36. The van der Waals surface area contributed by atoms with Gasteiger partial charge in [0.25, 0.3) is 0 Å². The minimum Gasteiger partial charge on any atom is -0.367 e. The van der Waals surface area contributed by atoms with E-state index in [4.69, 9.17) is 39.5 Å². The topological polar surface area (TPSA) is 26.3 Å². The van der Waals surface area contributed by atoms with Crippen LogP contribution in [0.2, 0.25) is 15.1 Å². The van der Waals surface area contributed by atoms with Gasteiger partial charge in [-0.05, 0) is 31.9 Å². The lowest BCUT2D eigenvalue weighted by Crippen LogP contribution is -2.34. The Hall–Kier alpha value is -0.280. The van der Waals surface area contributed by atoms with Crippen molar-refractivity contribution in [2.45, 2.75) is 25.4 Å². The molecule has 0 aromatic heterocycles. The summed E-state index contributed by atoms with van der Waals surface area (Å²) in [6.07, 6.45) is 1.55. The Bertz CT molecular complexity index is 442. The molecule has 0 saturated carbocycles. The molecule has 92 valence electrons. The number of Topliss-reactive ketones (excluding diaryl/α,β-unsaturated/α-hetero) is 1. The van der Waals surface area contributed by atoms with E-state index in [1.54, 1.807) is 6.92 Å². The second-order valence-corrected chi connectivity index (χ2v) is 5.51. The molecular formula is C12H11Cl3O2. The smallest absolute Gasteiger partial charge is 0.197 e. The average Bonchev–Trinajstić information content (AvgIpc) is 2.64. The van der Waals surface area contributed by atoms with Gasteiger partial charge in [0.15, 0.2) is 5.78 Å². The van der Waals surface area contributed by atoms with Crippen LogP contribution in [-0.4, -0.2) is 18.0 Å². The molecule has 1 saturated heterocycles. The molecule has 1 heterocycles. The summed E-state index contributed by atoms with van der Waals surface area (Å²) in [7, 11) is 0. The first-order chi connectivity index (χ1) is 7.94. The zero-order valence-corrected chi connectivity index (χ0v) is 11.5. The van der Waals surface area contributed by atoms with Crippen molar-refractivity contribution in [2.24, 2.45) is 0 Å². The third-order valence-corrected chi connectivity index (χ3v) is 3.75. The van der Waals surface area contributed by atoms with Crippen molar-refractivity contribution in [1.29, 1.82) is 0 Å². The van der Waals surface area contributed by atoms with Gasteiger partial charge < -0.3 is 4.74 Å². The summed E-state index contributed by atoms with van der Waals surface area (Å²) in [4.78, 5) is 12.4. The van der Waals surface area contributed by atoms with Crippen LogP contribution in [0.3, 0.4) is 0 Å². The van der Waals surface area contributed by atoms with Crippen LogP contribution >= 0.6 is 34.8 Å². The minimum absolute atomic E-state index is 0.179. The fourth-order valence-electron chi connectivity index (χ4n) is 1.98. The summed E-state index contributed by atoms with van der Waals surface area (Å²) in [5, 5.41) is 0.947. The molecule has 2 rings (SSSR count). The molecule has 1 aliphatic rings. The van der Waals surface area contributed by atoms with Crippen molar-refractivity contribution >= 4 is 40.6 Å². The molecule has 0 aliphatic carbocycles. The number of carbonyl (C=O) groups excluding carboxylic acids is 1. The second kappa shape index (κ2) is 4.77. The van der Waals surface area contributed by atoms with Crippen molar-refractivity contribution in [3.63, 3.8) is 0 Å². The maximum Gasteiger partial charge on any atom is 0.197 e. The zero-order chi connectivity index (χ0) is 12.6. The van der Waals surface area contributed by atoms with Crippen LogP contribution in [0.1, 0.15) is 30.1 Å². The summed E-state index contributed by atoms with van der Waals surface area (Å²) in [6.45, 7) is 2.36. The monoisotopic (exact) mass is 292 g/mol. The largest absolute Gasteiger partial charge is 0.367 e. The van der Waals surface area contributed by atoms with Crippen molar-refractivity contribution in [3.05, 3.63) is 32.8 Å². The molecule has 2 nitrogen and oxygen atoms in total. The van der Waals surface area contributed by atoms with E-state index in [0.717, 1.165) is 6.42 Å². The number of carbonyl (C=O) groups is 1. The number of ether oxygens (including phenoxy) is 1. The molecule has 1 aliphatic heterocycles. The van der Waals surface area contributed by atoms with Gasteiger partial charge >= 0.3 is 0 Å². The van der Waals surface area contributed by atoms with E-state index >= 15 is 0 Å². The first-order valence-corrected chi connectivity index (χ1v) is 6.41. The van der Waals surface area contributed by atoms with Gasteiger partial charge in [-0.15, -0.1) is 0 Å². The Morgan fingerprint density at radius 3 is 2.35 bits per heavy atom. The summed E-state index contributed by atoms with van der Waals surface area (Å²) >= 11 is 17.9. The highest BCUT2D eigenvalue weighted by molar-refractivity contribution is 6.42. The molecular weight excluding hydrogens is 282 g/mol. The van der Waals surface area contributed by atoms with Crippen LogP contribution in [-0.2, 0) is 4.74 Å². The number of hydrogen-bond donors (Lipinski definition) is 0. The average molecular weight is 294 g/mol. The lowest BCUT2D eigenvalue weighted by Gasteiger charge is -2.22. The third-order valence-electron chi connectivity index (χ3n) is 2.93. The van der Waals surface area contributed by atoms with Gasteiger partial charge in [-0.3, -0.25) is 4.79 Å². The molecule has 1 unspecified atom stereocenters. The van der Waals surface area contributed by atoms with Gasteiger partial charge in [0.05, 0.1) is 15.6 Å². The highest BCUT2D eigenvalue weighted by Gasteiger charge is 2.39. The summed E-state index contributed by atoms with van der Waals surface area (Å²) in [6, 6.07) is 3.03. The van der Waals surface area contributed by atoms with Gasteiger partial charge in [-0.1, -0.05) is 34.8 Å². The van der Waals surface area contributed by atoms with E-state index in [1.807, 2.05) is 0 Å². The van der Waals surface area contributed by atoms with Crippen LogP contribution < -0.4 is 0 Å². The fourth-order valence-corrected chi connectivity index (χ4v) is 2.97. The van der Waals surface area contributed by atoms with Gasteiger partial charge in [0.2, 0.25) is 0 Å². The zero-order valence-electron chi connectivity index (χ0n) is 9.23. The maximum absolute atomic E-state index is 12.4. The van der Waals surface area contributed by atoms with E-state index < -0.39 is 5.60 Å². The Balaban J connectivity index is 2.44. The molecule has 5 heteroatoms. The fraction of sp³-hybridized carbons (Fsp3) is 0.417. The van der Waals surface area contributed by atoms with Crippen LogP contribution in [0.25, 0.3) is 0 Å². The molecule has 0 radical (unpaired) electrons. The predicted octanol–water partition coefficient (Wildman–Crippen LogP) is 4.40. The van der Waals surface area contributed by atoms with E-state index in [9.17, 15) is 4.79 Å². The maximum atomic E-state index is 12.4. The number of ketones is 1. The molecule has 1 atom stereocenters. The first kappa shape index (κ1) is 13.2. The standard InChI is InChI=1S/C12H11Cl3O2/c1-12(3-2-4-17-12)11(16)10-8(14)5-7(13)6-9(10)15/h5-6H,2-4H2,1H3. The number of halogens is 3. The van der Waals surface area contributed by atoms with Gasteiger partial charge in [-0.25, -0.2) is 0 Å². The Morgan fingerprint density at radius 1 is 1.29 bits per heavy atom. The Labute approximate surface area is 115 Å². The second-order valence-electron chi connectivity index (χ2n) is 4.26. The lowest BCUT2D eigenvalue weighted by molar-refractivity contribution is 0.0214. The minimum atomic E-state index is -0.818. The summed E-state index contributed by atoms with van der Waals surface area (Å²) < 4.78 is 5.50. The molecule has 0 bridgehead atoms. The normalized spacial score (nSPS) is 24.0. The highest BCUT2D eigenvalue weighted by atomic mass is 35.5. The number of rotatable bonds is 2. The molecule has 0 N–H and O–H groups in total. The van der Waals surface area contributed by atoms with Crippen molar-refractivity contribution < 1.29 is 9.53 Å². The molecule has 0 amide bonds. The molecule has 1 aromatic carbocycles. The van der Waals surface area contributed by atoms with E-state index in [0.29, 0.717) is 23.6 Å². The van der Waals surface area contributed by atoms with Crippen LogP contribution in [0.4, 0.5) is 0 Å². The first-order valence-electron chi connectivity index (χ1n) is 5.27. The van der Waals surface area contributed by atoms with Crippen molar-refractivity contribution in [1.82, 2.24) is 0 Å². The van der Waals surface area contributed by atoms with Crippen LogP contribution in [0.15, 0.2) is 12.1 Å². The Morgan fingerprint density at radius 2 is 1.88 bits per heavy atom. The summed E-state index contributed by atoms with van der Waals surface area (Å²) in [5.74, 6) is -0.179. The van der Waals surface area contributed by atoms with E-state index in [1.165, 1.54) is 12.1 Å². The van der Waals surface area contributed by atoms with Crippen molar-refractivity contribution in [2.75, 3.05) is 6.61 Å². The quantitative estimate of drug-likeness (QED) is 0.756. The van der Waals surface area contributed by atoms with Gasteiger partial charge in [-0.2, -0.15) is 0 Å². The lowest BCUT2D eigenvalue weighted by atomic mass is 9.92. The number of benzene rings is 1. The van der Waals surface area contributed by atoms with E-state index in [2.05, 4.69) is 0 Å². The molecule has 1 fully saturated rings. The van der Waals surface area contributed by atoms with Gasteiger partial charge in [0, 0.05) is 11.6 Å². The predicted molar refractivity (Wildman–Crippen MR) is 69.4 cm³/mol. The van der Waals surface area contributed by atoms with Crippen LogP contribution in [0.5, 0.6) is 0 Å². The third kappa shape index (κ3) is 2.45. The van der Waals surface area contributed by atoms with E-state index in [-0.39, 0.29) is 15.8 Å². The number of hydrogen-bond acceptors (Lipinski definition) is 2. The Kier molecular flexibility index (Phi) is 3.69. The van der Waals surface area contributed by atoms with Gasteiger partial charge in [0.1, 0.15) is 5.60 Å². The molecule has 17 heavy (non-hydrogen) atoms. The molecule has 0 spiro atoms. The molecule has 1 aromatic rings. The van der Waals surface area contributed by atoms with Crippen molar-refractivity contribution in [3.8, 4) is 0 Å². The summed E-state index contributed by atoms with van der Waals surface area (Å²) in [5.41, 5.74) is -0.525. The van der Waals surface area contributed by atoms with Crippen LogP contribution in [0, 0.1) is 0 Å². The SMILES string of the molecule is CC1(C(=O)c2c(Cl)cc(Cl)cc2Cl)CCCO1.